The van der Waals surface area contributed by atoms with Gasteiger partial charge in [-0.05, 0) is 6.07 Å². The Bertz CT molecular complexity index is 938. The van der Waals surface area contributed by atoms with Crippen LogP contribution in [0.5, 0.6) is 0 Å². The van der Waals surface area contributed by atoms with Gasteiger partial charge in [0.15, 0.2) is 0 Å². The maximum Gasteiger partial charge on any atom is 0.339 e. The van der Waals surface area contributed by atoms with Gasteiger partial charge in [0, 0.05) is 23.1 Å². The fraction of sp³-hybridized carbons (Fsp3) is 0.105. The summed E-state index contributed by atoms with van der Waals surface area (Å²) in [6.45, 7) is 0. The van der Waals surface area contributed by atoms with Crippen LogP contribution in [0.4, 0.5) is 0 Å². The molecule has 0 amide bonds. The molecule has 1 aliphatic carbocycles. The number of Topliss-reactive ketones (excluding diaryl/α,β-unsaturated/α-hetero) is 2. The molecule has 4 rings (SSSR count). The van der Waals surface area contributed by atoms with E-state index in [0.717, 1.165) is 0 Å². The zero-order chi connectivity index (χ0) is 16.8. The van der Waals surface area contributed by atoms with Crippen LogP contribution >= 0.6 is 0 Å². The van der Waals surface area contributed by atoms with Crippen molar-refractivity contribution in [1.29, 1.82) is 0 Å². The highest BCUT2D eigenvalue weighted by atomic mass is 16.5. The van der Waals surface area contributed by atoms with Crippen molar-refractivity contribution in [3.05, 3.63) is 76.4 Å². The molecule has 2 aromatic carbocycles. The number of carbonyl (C=O) groups excluding carboxylic acids is 3. The molecule has 2 aromatic rings. The highest BCUT2D eigenvalue weighted by molar-refractivity contribution is 6.52. The van der Waals surface area contributed by atoms with E-state index >= 15 is 0 Å². The van der Waals surface area contributed by atoms with Gasteiger partial charge in [-0.2, -0.15) is 0 Å². The summed E-state index contributed by atoms with van der Waals surface area (Å²) in [6.07, 6.45) is -0.721. The molecule has 2 aliphatic rings. The summed E-state index contributed by atoms with van der Waals surface area (Å²) in [5, 5.41) is 10.4. The molecular weight excluding hydrogens is 308 g/mol. The molecule has 1 atom stereocenters. The number of carbonyl (C=O) groups is 3. The van der Waals surface area contributed by atoms with E-state index in [9.17, 15) is 19.5 Å². The quantitative estimate of drug-likeness (QED) is 0.679. The first kappa shape index (κ1) is 14.4. The summed E-state index contributed by atoms with van der Waals surface area (Å²) in [5.41, 5.74) is 1.59. The van der Waals surface area contributed by atoms with Crippen molar-refractivity contribution in [3.63, 3.8) is 0 Å². The Morgan fingerprint density at radius 2 is 1.46 bits per heavy atom. The first-order chi connectivity index (χ1) is 11.6. The number of cyclic esters (lactones) is 1. The first-order valence-electron chi connectivity index (χ1n) is 7.48. The minimum Gasteiger partial charge on any atom is -0.507 e. The zero-order valence-electron chi connectivity index (χ0n) is 12.5. The highest BCUT2D eigenvalue weighted by Crippen LogP contribution is 2.38. The average Bonchev–Trinajstić information content (AvgIpc) is 2.93. The molecule has 24 heavy (non-hydrogen) atoms. The maximum absolute atomic E-state index is 12.4. The minimum atomic E-state index is -0.758. The lowest BCUT2D eigenvalue weighted by Crippen LogP contribution is -2.25. The Morgan fingerprint density at radius 3 is 2.21 bits per heavy atom. The monoisotopic (exact) mass is 320 g/mol. The standard InChI is InChI=1S/C19H12O5/c20-16-11-6-2-3-7-12(11)17(21)18(22)14(16)9-15-10-5-1-4-8-13(10)19(23)24-15/h1-8,15,20H,9H2. The van der Waals surface area contributed by atoms with Gasteiger partial charge < -0.3 is 9.84 Å². The normalized spacial score (nSPS) is 19.2. The third-order valence-corrected chi connectivity index (χ3v) is 4.36. The molecular formula is C19H12O5. The molecule has 0 spiro atoms. The Labute approximate surface area is 137 Å². The van der Waals surface area contributed by atoms with Crippen molar-refractivity contribution in [2.24, 2.45) is 0 Å². The van der Waals surface area contributed by atoms with E-state index in [4.69, 9.17) is 4.74 Å². The van der Waals surface area contributed by atoms with E-state index in [0.29, 0.717) is 16.7 Å². The SMILES string of the molecule is O=C1C(=O)c2ccccc2C(O)=C1CC1OC(=O)c2ccccc21. The topological polar surface area (TPSA) is 80.7 Å². The number of rotatable bonds is 2. The van der Waals surface area contributed by atoms with E-state index in [1.165, 1.54) is 6.07 Å². The lowest BCUT2D eigenvalue weighted by molar-refractivity contribution is -0.112. The molecule has 0 radical (unpaired) electrons. The van der Waals surface area contributed by atoms with Crippen molar-refractivity contribution >= 4 is 23.3 Å². The second-order valence-electron chi connectivity index (χ2n) is 5.72. The summed E-state index contributed by atoms with van der Waals surface area (Å²) in [6, 6.07) is 13.3. The molecule has 1 unspecified atom stereocenters. The van der Waals surface area contributed by atoms with Crippen LogP contribution in [0.2, 0.25) is 0 Å². The third-order valence-electron chi connectivity index (χ3n) is 4.36. The zero-order valence-corrected chi connectivity index (χ0v) is 12.5. The van der Waals surface area contributed by atoms with Crippen LogP contribution in [0.3, 0.4) is 0 Å². The molecule has 0 aromatic heterocycles. The lowest BCUT2D eigenvalue weighted by atomic mass is 9.85. The van der Waals surface area contributed by atoms with Crippen molar-refractivity contribution in [2.75, 3.05) is 0 Å². The summed E-state index contributed by atoms with van der Waals surface area (Å²) >= 11 is 0. The summed E-state index contributed by atoms with van der Waals surface area (Å²) in [7, 11) is 0. The van der Waals surface area contributed by atoms with Gasteiger partial charge in [0.05, 0.1) is 11.1 Å². The fourth-order valence-electron chi connectivity index (χ4n) is 3.16. The van der Waals surface area contributed by atoms with Crippen LogP contribution in [0.1, 0.15) is 44.4 Å². The first-order valence-corrected chi connectivity index (χ1v) is 7.48. The highest BCUT2D eigenvalue weighted by Gasteiger charge is 2.38. The van der Waals surface area contributed by atoms with Gasteiger partial charge in [0.2, 0.25) is 11.6 Å². The van der Waals surface area contributed by atoms with Crippen LogP contribution in [0.25, 0.3) is 5.76 Å². The molecule has 0 fully saturated rings. The second-order valence-corrected chi connectivity index (χ2v) is 5.72. The van der Waals surface area contributed by atoms with Crippen LogP contribution in [-0.2, 0) is 9.53 Å². The molecule has 1 aliphatic heterocycles. The number of fused-ring (bicyclic) bond motifs is 2. The number of hydrogen-bond acceptors (Lipinski definition) is 5. The van der Waals surface area contributed by atoms with Crippen LogP contribution in [0, 0.1) is 0 Å². The fourth-order valence-corrected chi connectivity index (χ4v) is 3.16. The smallest absolute Gasteiger partial charge is 0.339 e. The van der Waals surface area contributed by atoms with E-state index < -0.39 is 23.6 Å². The Balaban J connectivity index is 1.77. The molecule has 118 valence electrons. The van der Waals surface area contributed by atoms with Gasteiger partial charge in [-0.3, -0.25) is 9.59 Å². The lowest BCUT2D eigenvalue weighted by Gasteiger charge is -2.19. The molecule has 1 heterocycles. The molecule has 5 heteroatoms. The van der Waals surface area contributed by atoms with E-state index in [1.54, 1.807) is 42.5 Å². The molecule has 0 bridgehead atoms. The van der Waals surface area contributed by atoms with Crippen molar-refractivity contribution < 1.29 is 24.2 Å². The molecule has 0 saturated carbocycles. The van der Waals surface area contributed by atoms with Gasteiger partial charge in [-0.15, -0.1) is 0 Å². The van der Waals surface area contributed by atoms with Crippen molar-refractivity contribution in [2.45, 2.75) is 12.5 Å². The number of ether oxygens (including phenoxy) is 1. The summed E-state index contributed by atoms with van der Waals surface area (Å²) in [4.78, 5) is 36.5. The van der Waals surface area contributed by atoms with Crippen LogP contribution < -0.4 is 0 Å². The Kier molecular flexibility index (Phi) is 3.09. The average molecular weight is 320 g/mol. The predicted molar refractivity (Wildman–Crippen MR) is 84.5 cm³/mol. The van der Waals surface area contributed by atoms with Crippen LogP contribution in [0.15, 0.2) is 54.1 Å². The Morgan fingerprint density at radius 1 is 0.833 bits per heavy atom. The minimum absolute atomic E-state index is 0.0202. The predicted octanol–water partition coefficient (Wildman–Crippen LogP) is 3.02. The number of aliphatic hydroxyl groups is 1. The van der Waals surface area contributed by atoms with E-state index in [2.05, 4.69) is 0 Å². The largest absolute Gasteiger partial charge is 0.507 e. The van der Waals surface area contributed by atoms with Crippen molar-refractivity contribution in [1.82, 2.24) is 0 Å². The summed E-state index contributed by atoms with van der Waals surface area (Å²) in [5.74, 6) is -2.11. The number of benzene rings is 2. The van der Waals surface area contributed by atoms with Gasteiger partial charge in [-0.25, -0.2) is 4.79 Å². The van der Waals surface area contributed by atoms with Gasteiger partial charge in [-0.1, -0.05) is 42.5 Å². The van der Waals surface area contributed by atoms with Gasteiger partial charge in [0.1, 0.15) is 11.9 Å². The number of ketones is 2. The second kappa shape index (κ2) is 5.16. The maximum atomic E-state index is 12.4. The number of esters is 1. The molecule has 5 nitrogen and oxygen atoms in total. The van der Waals surface area contributed by atoms with Crippen molar-refractivity contribution in [3.8, 4) is 0 Å². The third kappa shape index (κ3) is 1.98. The van der Waals surface area contributed by atoms with Crippen LogP contribution in [-0.4, -0.2) is 22.6 Å². The van der Waals surface area contributed by atoms with E-state index in [-0.39, 0.29) is 23.3 Å². The molecule has 1 N–H and O–H groups in total. The summed E-state index contributed by atoms with van der Waals surface area (Å²) < 4.78 is 5.31. The molecule has 0 saturated heterocycles. The Hall–Kier alpha value is -3.21. The van der Waals surface area contributed by atoms with Gasteiger partial charge >= 0.3 is 5.97 Å². The number of hydrogen-bond donors (Lipinski definition) is 1. The van der Waals surface area contributed by atoms with E-state index in [1.807, 2.05) is 0 Å². The van der Waals surface area contributed by atoms with Gasteiger partial charge in [0.25, 0.3) is 0 Å². The number of aliphatic hydroxyl groups excluding tert-OH is 1.